The molecule has 0 heterocycles. The van der Waals surface area contributed by atoms with Gasteiger partial charge < -0.3 is 20.5 Å². The zero-order valence-corrected chi connectivity index (χ0v) is 14.5. The maximum Gasteiger partial charge on any atom is 0.236 e. The highest BCUT2D eigenvalue weighted by Gasteiger charge is 2.09. The van der Waals surface area contributed by atoms with Crippen molar-refractivity contribution in [3.05, 3.63) is 23.8 Å². The number of amides is 1. The van der Waals surface area contributed by atoms with Crippen molar-refractivity contribution in [3.8, 4) is 11.5 Å². The summed E-state index contributed by atoms with van der Waals surface area (Å²) in [5, 5.41) is 2.77. The van der Waals surface area contributed by atoms with E-state index in [1.54, 1.807) is 14.0 Å². The number of rotatable bonds is 8. The highest BCUT2D eigenvalue weighted by atomic mass is 35.5. The lowest BCUT2D eigenvalue weighted by Crippen LogP contribution is -2.37. The molecule has 0 saturated carbocycles. The second-order valence-electron chi connectivity index (χ2n) is 5.52. The number of nitrogens with one attached hydrogen (secondary N) is 1. The molecular weight excluding hydrogens is 304 g/mol. The lowest BCUT2D eigenvalue weighted by atomic mass is 10.1. The van der Waals surface area contributed by atoms with Gasteiger partial charge in [-0.1, -0.05) is 19.9 Å². The predicted octanol–water partition coefficient (Wildman–Crippen LogP) is 2.51. The van der Waals surface area contributed by atoms with Crippen molar-refractivity contribution in [2.45, 2.75) is 39.8 Å². The Kier molecular flexibility index (Phi) is 9.61. The summed E-state index contributed by atoms with van der Waals surface area (Å²) >= 11 is 0. The summed E-state index contributed by atoms with van der Waals surface area (Å²) in [6.07, 6.45) is 0.995. The minimum absolute atomic E-state index is 0. The number of carbonyl (C=O) groups excluding carboxylic acids is 1. The topological polar surface area (TPSA) is 73.6 Å². The summed E-state index contributed by atoms with van der Waals surface area (Å²) in [6, 6.07) is 5.14. The Labute approximate surface area is 139 Å². The van der Waals surface area contributed by atoms with Crippen LogP contribution in [0.4, 0.5) is 0 Å². The van der Waals surface area contributed by atoms with Crippen molar-refractivity contribution < 1.29 is 14.3 Å². The van der Waals surface area contributed by atoms with Gasteiger partial charge >= 0.3 is 0 Å². The van der Waals surface area contributed by atoms with E-state index in [1.165, 1.54) is 0 Å². The van der Waals surface area contributed by atoms with Crippen LogP contribution in [0.3, 0.4) is 0 Å². The standard InChI is InChI=1S/C16H26N2O3.ClH/c1-11(2)7-8-21-14-6-5-13(9-15(14)20-4)10-18-16(19)12(3)17;/h5-6,9,11-12H,7-8,10,17H2,1-4H3,(H,18,19);1H. The van der Waals surface area contributed by atoms with Crippen LogP contribution in [-0.4, -0.2) is 25.7 Å². The van der Waals surface area contributed by atoms with E-state index in [0.717, 1.165) is 17.7 Å². The van der Waals surface area contributed by atoms with Crippen molar-refractivity contribution in [2.75, 3.05) is 13.7 Å². The summed E-state index contributed by atoms with van der Waals surface area (Å²) < 4.78 is 11.1. The van der Waals surface area contributed by atoms with E-state index in [0.29, 0.717) is 24.8 Å². The second kappa shape index (κ2) is 10.3. The van der Waals surface area contributed by atoms with Gasteiger partial charge in [-0.05, 0) is 37.0 Å². The molecule has 1 atom stereocenters. The monoisotopic (exact) mass is 330 g/mol. The third-order valence-electron chi connectivity index (χ3n) is 3.06. The summed E-state index contributed by atoms with van der Waals surface area (Å²) in [5.74, 6) is 1.82. The first-order valence-corrected chi connectivity index (χ1v) is 7.27. The number of hydrogen-bond donors (Lipinski definition) is 2. The Hall–Kier alpha value is -1.46. The second-order valence-corrected chi connectivity index (χ2v) is 5.52. The first-order chi connectivity index (χ1) is 9.93. The molecule has 0 fully saturated rings. The van der Waals surface area contributed by atoms with E-state index in [1.807, 2.05) is 18.2 Å². The van der Waals surface area contributed by atoms with Crippen LogP contribution in [0, 0.1) is 5.92 Å². The van der Waals surface area contributed by atoms with Crippen molar-refractivity contribution in [2.24, 2.45) is 11.7 Å². The Morgan fingerprint density at radius 2 is 1.95 bits per heavy atom. The van der Waals surface area contributed by atoms with Gasteiger partial charge in [0, 0.05) is 6.54 Å². The lowest BCUT2D eigenvalue weighted by Gasteiger charge is -2.14. The molecule has 0 aromatic heterocycles. The Morgan fingerprint density at radius 3 is 2.50 bits per heavy atom. The molecule has 0 radical (unpaired) electrons. The number of nitrogens with two attached hydrogens (primary N) is 1. The average Bonchev–Trinajstić information content (AvgIpc) is 2.44. The molecule has 1 aromatic carbocycles. The summed E-state index contributed by atoms with van der Waals surface area (Å²) in [6.45, 7) is 7.05. The third kappa shape index (κ3) is 7.00. The maximum atomic E-state index is 11.5. The number of halogens is 1. The molecule has 1 rings (SSSR count). The van der Waals surface area contributed by atoms with Gasteiger partial charge in [0.1, 0.15) is 0 Å². The number of methoxy groups -OCH3 is 1. The highest BCUT2D eigenvalue weighted by molar-refractivity contribution is 5.85. The molecule has 126 valence electrons. The van der Waals surface area contributed by atoms with Gasteiger partial charge in [0.25, 0.3) is 0 Å². The molecule has 0 aliphatic rings. The zero-order chi connectivity index (χ0) is 15.8. The van der Waals surface area contributed by atoms with E-state index in [9.17, 15) is 4.79 Å². The SMILES string of the molecule is COc1cc(CNC(=O)C(C)N)ccc1OCCC(C)C.Cl. The third-order valence-corrected chi connectivity index (χ3v) is 3.06. The molecule has 0 aliphatic heterocycles. The van der Waals surface area contributed by atoms with Gasteiger partial charge in [-0.3, -0.25) is 4.79 Å². The van der Waals surface area contributed by atoms with Gasteiger partial charge in [-0.15, -0.1) is 12.4 Å². The van der Waals surface area contributed by atoms with Gasteiger partial charge in [0.2, 0.25) is 5.91 Å². The number of hydrogen-bond acceptors (Lipinski definition) is 4. The van der Waals surface area contributed by atoms with E-state index in [2.05, 4.69) is 19.2 Å². The normalized spacial score (nSPS) is 11.5. The van der Waals surface area contributed by atoms with Crippen molar-refractivity contribution in [3.63, 3.8) is 0 Å². The molecular formula is C16H27ClN2O3. The van der Waals surface area contributed by atoms with Crippen LogP contribution in [0.15, 0.2) is 18.2 Å². The number of carbonyl (C=O) groups is 1. The maximum absolute atomic E-state index is 11.5. The van der Waals surface area contributed by atoms with Crippen LogP contribution in [0.1, 0.15) is 32.8 Å². The molecule has 5 nitrogen and oxygen atoms in total. The zero-order valence-electron chi connectivity index (χ0n) is 13.7. The van der Waals surface area contributed by atoms with E-state index >= 15 is 0 Å². The predicted molar refractivity (Wildman–Crippen MR) is 90.7 cm³/mol. The summed E-state index contributed by atoms with van der Waals surface area (Å²) in [4.78, 5) is 11.5. The highest BCUT2D eigenvalue weighted by Crippen LogP contribution is 2.28. The van der Waals surface area contributed by atoms with Gasteiger partial charge in [0.15, 0.2) is 11.5 Å². The van der Waals surface area contributed by atoms with Crippen LogP contribution in [0.5, 0.6) is 11.5 Å². The molecule has 3 N–H and O–H groups in total. The van der Waals surface area contributed by atoms with Crippen LogP contribution in [-0.2, 0) is 11.3 Å². The Bertz CT molecular complexity index is 465. The van der Waals surface area contributed by atoms with Crippen molar-refractivity contribution in [1.29, 1.82) is 0 Å². The fraction of sp³-hybridized carbons (Fsp3) is 0.562. The van der Waals surface area contributed by atoms with Crippen LogP contribution in [0.25, 0.3) is 0 Å². The van der Waals surface area contributed by atoms with Crippen LogP contribution < -0.4 is 20.5 Å². The van der Waals surface area contributed by atoms with Crippen LogP contribution in [0.2, 0.25) is 0 Å². The molecule has 0 bridgehead atoms. The Morgan fingerprint density at radius 1 is 1.27 bits per heavy atom. The molecule has 1 unspecified atom stereocenters. The van der Waals surface area contributed by atoms with Gasteiger partial charge in [-0.2, -0.15) is 0 Å². The van der Waals surface area contributed by atoms with Gasteiger partial charge in [-0.25, -0.2) is 0 Å². The largest absolute Gasteiger partial charge is 0.493 e. The average molecular weight is 331 g/mol. The first-order valence-electron chi connectivity index (χ1n) is 7.27. The van der Waals surface area contributed by atoms with E-state index in [-0.39, 0.29) is 18.3 Å². The molecule has 6 heteroatoms. The number of ether oxygens (including phenoxy) is 2. The molecule has 1 amide bonds. The van der Waals surface area contributed by atoms with E-state index in [4.69, 9.17) is 15.2 Å². The smallest absolute Gasteiger partial charge is 0.236 e. The minimum Gasteiger partial charge on any atom is -0.493 e. The van der Waals surface area contributed by atoms with Crippen LogP contribution >= 0.6 is 12.4 Å². The van der Waals surface area contributed by atoms with Crippen molar-refractivity contribution >= 4 is 18.3 Å². The Balaban J connectivity index is 0.00000441. The van der Waals surface area contributed by atoms with E-state index < -0.39 is 6.04 Å². The lowest BCUT2D eigenvalue weighted by molar-refractivity contribution is -0.122. The molecule has 1 aromatic rings. The molecule has 22 heavy (non-hydrogen) atoms. The minimum atomic E-state index is -0.509. The number of benzene rings is 1. The fourth-order valence-electron chi connectivity index (χ4n) is 1.70. The molecule has 0 saturated heterocycles. The van der Waals surface area contributed by atoms with Gasteiger partial charge in [0.05, 0.1) is 19.8 Å². The summed E-state index contributed by atoms with van der Waals surface area (Å²) in [5.41, 5.74) is 6.44. The quantitative estimate of drug-likeness (QED) is 0.768. The van der Waals surface area contributed by atoms with Crippen molar-refractivity contribution in [1.82, 2.24) is 5.32 Å². The molecule has 0 aliphatic carbocycles. The fourth-order valence-corrected chi connectivity index (χ4v) is 1.70. The summed E-state index contributed by atoms with van der Waals surface area (Å²) in [7, 11) is 1.61. The molecule has 0 spiro atoms. The first kappa shape index (κ1) is 20.5.